The zero-order chi connectivity index (χ0) is 22.6. The normalized spacial score (nSPS) is 12.4. The van der Waals surface area contributed by atoms with Crippen LogP contribution in [0.2, 0.25) is 0 Å². The van der Waals surface area contributed by atoms with Crippen molar-refractivity contribution in [1.29, 1.82) is 0 Å². The smallest absolute Gasteiger partial charge is 0.416 e. The average molecular weight is 431 g/mol. The van der Waals surface area contributed by atoms with Gasteiger partial charge in [0, 0.05) is 19.5 Å². The fraction of sp³-hybridized carbons (Fsp3) is 0.227. The van der Waals surface area contributed by atoms with Crippen LogP contribution in [0.15, 0.2) is 65.6 Å². The number of hydrogen-bond donors (Lipinski definition) is 2. The number of benzene rings is 2. The molecule has 1 unspecified atom stereocenters. The van der Waals surface area contributed by atoms with Crippen LogP contribution in [-0.2, 0) is 19.1 Å². The Morgan fingerprint density at radius 2 is 1.87 bits per heavy atom. The Morgan fingerprint density at radius 3 is 2.52 bits per heavy atom. The summed E-state index contributed by atoms with van der Waals surface area (Å²) in [6, 6.07) is 14.2. The van der Waals surface area contributed by atoms with Crippen molar-refractivity contribution in [2.75, 3.05) is 7.05 Å². The van der Waals surface area contributed by atoms with Crippen LogP contribution in [0.1, 0.15) is 33.1 Å². The van der Waals surface area contributed by atoms with E-state index < -0.39 is 40.4 Å². The number of nitrogens with zero attached hydrogens (tertiary/aromatic N) is 2. The van der Waals surface area contributed by atoms with Gasteiger partial charge in [-0.05, 0) is 23.6 Å². The summed E-state index contributed by atoms with van der Waals surface area (Å²) >= 11 is 0. The SMILES string of the molecule is CNC(=O)c1nn(CC(Cc2ccccc2)c2cccc(C(F)(F)F)c2)cc(O)c1=O. The quantitative estimate of drug-likeness (QED) is 0.627. The summed E-state index contributed by atoms with van der Waals surface area (Å²) in [5.74, 6) is -1.92. The maximum Gasteiger partial charge on any atom is 0.416 e. The second-order valence-corrected chi connectivity index (χ2v) is 7.00. The van der Waals surface area contributed by atoms with Crippen LogP contribution in [0.4, 0.5) is 13.2 Å². The van der Waals surface area contributed by atoms with E-state index in [1.165, 1.54) is 17.8 Å². The molecule has 0 aliphatic heterocycles. The van der Waals surface area contributed by atoms with Gasteiger partial charge in [0.05, 0.1) is 11.8 Å². The van der Waals surface area contributed by atoms with Gasteiger partial charge in [-0.1, -0.05) is 48.5 Å². The first-order valence-corrected chi connectivity index (χ1v) is 9.43. The van der Waals surface area contributed by atoms with Gasteiger partial charge in [0.1, 0.15) is 0 Å². The number of alkyl halides is 3. The molecular formula is C22H20F3N3O3. The molecule has 0 spiro atoms. The van der Waals surface area contributed by atoms with Crippen LogP contribution >= 0.6 is 0 Å². The fourth-order valence-corrected chi connectivity index (χ4v) is 3.27. The van der Waals surface area contributed by atoms with Gasteiger partial charge in [0.15, 0.2) is 11.4 Å². The highest BCUT2D eigenvalue weighted by Crippen LogP contribution is 2.32. The number of aromatic hydroxyl groups is 1. The van der Waals surface area contributed by atoms with Crippen molar-refractivity contribution in [1.82, 2.24) is 15.1 Å². The number of aromatic nitrogens is 2. The molecule has 0 bridgehead atoms. The van der Waals surface area contributed by atoms with Crippen LogP contribution in [0.25, 0.3) is 0 Å². The molecule has 1 heterocycles. The van der Waals surface area contributed by atoms with E-state index in [4.69, 9.17) is 0 Å². The molecule has 3 rings (SSSR count). The van der Waals surface area contributed by atoms with E-state index in [1.807, 2.05) is 30.3 Å². The largest absolute Gasteiger partial charge is 0.503 e. The zero-order valence-electron chi connectivity index (χ0n) is 16.6. The van der Waals surface area contributed by atoms with Crippen molar-refractivity contribution in [3.05, 3.63) is 93.4 Å². The van der Waals surface area contributed by atoms with Crippen molar-refractivity contribution in [3.63, 3.8) is 0 Å². The van der Waals surface area contributed by atoms with E-state index in [9.17, 15) is 27.9 Å². The minimum Gasteiger partial charge on any atom is -0.503 e. The molecule has 3 aromatic rings. The molecule has 2 aromatic carbocycles. The standard InChI is InChI=1S/C22H20F3N3O3/c1-26-21(31)19-20(30)18(29)13-28(27-19)12-16(10-14-6-3-2-4-7-14)15-8-5-9-17(11-15)22(23,24)25/h2-9,11,13,16,29H,10,12H2,1H3,(H,26,31). The predicted molar refractivity (Wildman–Crippen MR) is 108 cm³/mol. The third kappa shape index (κ3) is 5.30. The summed E-state index contributed by atoms with van der Waals surface area (Å²) in [6.45, 7) is 0.0358. The minimum absolute atomic E-state index is 0.0358. The number of rotatable bonds is 6. The maximum absolute atomic E-state index is 13.2. The zero-order valence-corrected chi connectivity index (χ0v) is 16.6. The van der Waals surface area contributed by atoms with Crippen molar-refractivity contribution in [2.45, 2.75) is 25.1 Å². The molecule has 9 heteroatoms. The molecule has 6 nitrogen and oxygen atoms in total. The third-order valence-electron chi connectivity index (χ3n) is 4.81. The molecule has 31 heavy (non-hydrogen) atoms. The van der Waals surface area contributed by atoms with Gasteiger partial charge in [-0.3, -0.25) is 14.3 Å². The van der Waals surface area contributed by atoms with Crippen molar-refractivity contribution in [3.8, 4) is 5.75 Å². The molecule has 2 N–H and O–H groups in total. The monoisotopic (exact) mass is 431 g/mol. The van der Waals surface area contributed by atoms with Crippen molar-refractivity contribution in [2.24, 2.45) is 0 Å². The van der Waals surface area contributed by atoms with Crippen molar-refractivity contribution < 1.29 is 23.1 Å². The minimum atomic E-state index is -4.49. The molecule has 0 saturated carbocycles. The molecule has 0 fully saturated rings. The molecule has 1 amide bonds. The van der Waals surface area contributed by atoms with Gasteiger partial charge in [0.25, 0.3) is 11.3 Å². The fourth-order valence-electron chi connectivity index (χ4n) is 3.27. The summed E-state index contributed by atoms with van der Waals surface area (Å²) in [7, 11) is 1.32. The van der Waals surface area contributed by atoms with Gasteiger partial charge < -0.3 is 10.4 Å². The first-order valence-electron chi connectivity index (χ1n) is 9.43. The van der Waals surface area contributed by atoms with Crippen LogP contribution < -0.4 is 10.7 Å². The number of halogens is 3. The first kappa shape index (κ1) is 22.1. The number of nitrogens with one attached hydrogen (secondary N) is 1. The molecule has 1 aromatic heterocycles. The van der Waals surface area contributed by atoms with Gasteiger partial charge in [-0.25, -0.2) is 0 Å². The van der Waals surface area contributed by atoms with Gasteiger partial charge in [0.2, 0.25) is 0 Å². The van der Waals surface area contributed by atoms with Gasteiger partial charge in [-0.15, -0.1) is 0 Å². The Labute approximate surface area is 176 Å². The molecule has 1 atom stereocenters. The second kappa shape index (κ2) is 9.03. The molecule has 162 valence electrons. The summed E-state index contributed by atoms with van der Waals surface area (Å²) in [5, 5.41) is 16.2. The molecule has 0 aliphatic carbocycles. The lowest BCUT2D eigenvalue weighted by Crippen LogP contribution is -2.30. The lowest BCUT2D eigenvalue weighted by atomic mass is 9.90. The van der Waals surface area contributed by atoms with Crippen molar-refractivity contribution >= 4 is 5.91 Å². The van der Waals surface area contributed by atoms with E-state index in [-0.39, 0.29) is 6.54 Å². The molecule has 0 saturated heterocycles. The van der Waals surface area contributed by atoms with E-state index in [0.29, 0.717) is 12.0 Å². The highest BCUT2D eigenvalue weighted by molar-refractivity contribution is 5.92. The lowest BCUT2D eigenvalue weighted by Gasteiger charge is -2.20. The maximum atomic E-state index is 13.2. The Kier molecular flexibility index (Phi) is 6.43. The molecule has 0 radical (unpaired) electrons. The van der Waals surface area contributed by atoms with E-state index in [1.54, 1.807) is 6.07 Å². The first-order chi connectivity index (χ1) is 14.7. The predicted octanol–water partition coefficient (Wildman–Crippen LogP) is 3.35. The van der Waals surface area contributed by atoms with Crippen LogP contribution in [-0.4, -0.2) is 27.8 Å². The highest BCUT2D eigenvalue weighted by atomic mass is 19.4. The van der Waals surface area contributed by atoms with Gasteiger partial charge >= 0.3 is 6.18 Å². The van der Waals surface area contributed by atoms with E-state index in [0.717, 1.165) is 23.9 Å². The summed E-state index contributed by atoms with van der Waals surface area (Å²) in [5.41, 5.74) is -0.883. The average Bonchev–Trinajstić information content (AvgIpc) is 2.75. The lowest BCUT2D eigenvalue weighted by molar-refractivity contribution is -0.137. The van der Waals surface area contributed by atoms with E-state index in [2.05, 4.69) is 10.4 Å². The molecular weight excluding hydrogens is 411 g/mol. The van der Waals surface area contributed by atoms with Crippen LogP contribution in [0, 0.1) is 0 Å². The second-order valence-electron chi connectivity index (χ2n) is 7.00. The highest BCUT2D eigenvalue weighted by Gasteiger charge is 2.31. The van der Waals surface area contributed by atoms with E-state index >= 15 is 0 Å². The number of amides is 1. The van der Waals surface area contributed by atoms with Crippen LogP contribution in [0.5, 0.6) is 5.75 Å². The Hall–Kier alpha value is -3.62. The van der Waals surface area contributed by atoms with Crippen LogP contribution in [0.3, 0.4) is 0 Å². The summed E-state index contributed by atoms with van der Waals surface area (Å²) in [6.07, 6.45) is -3.04. The Balaban J connectivity index is 2.03. The third-order valence-corrected chi connectivity index (χ3v) is 4.81. The Bertz CT molecular complexity index is 1130. The number of hydrogen-bond acceptors (Lipinski definition) is 4. The summed E-state index contributed by atoms with van der Waals surface area (Å²) < 4.78 is 40.9. The molecule has 0 aliphatic rings. The topological polar surface area (TPSA) is 84.2 Å². The Morgan fingerprint density at radius 1 is 1.16 bits per heavy atom. The number of carbonyl (C=O) groups excluding carboxylic acids is 1. The van der Waals surface area contributed by atoms with Gasteiger partial charge in [-0.2, -0.15) is 18.3 Å². The summed E-state index contributed by atoms with van der Waals surface area (Å²) in [4.78, 5) is 23.9. The number of carbonyl (C=O) groups is 1.